The molecule has 1 fully saturated rings. The molecular weight excluding hydrogens is 304 g/mol. The minimum absolute atomic E-state index is 0.0862. The second kappa shape index (κ2) is 5.95. The fourth-order valence-corrected chi connectivity index (χ4v) is 3.69. The molecule has 1 unspecified atom stereocenters. The lowest BCUT2D eigenvalue weighted by Gasteiger charge is -2.24. The van der Waals surface area contributed by atoms with Gasteiger partial charge in [0, 0.05) is 18.0 Å². The molecule has 0 amide bonds. The van der Waals surface area contributed by atoms with Crippen molar-refractivity contribution in [1.82, 2.24) is 4.98 Å². The predicted molar refractivity (Wildman–Crippen MR) is 88.3 cm³/mol. The van der Waals surface area contributed by atoms with Gasteiger partial charge in [0.15, 0.2) is 5.13 Å². The Hall–Kier alpha value is -1.10. The largest absolute Gasteiger partial charge is 0.391 e. The van der Waals surface area contributed by atoms with Gasteiger partial charge in [-0.05, 0) is 37.5 Å². The fourth-order valence-electron chi connectivity index (χ4n) is 2.45. The van der Waals surface area contributed by atoms with Crippen LogP contribution in [0.2, 0.25) is 5.02 Å². The zero-order chi connectivity index (χ0) is 15.0. The summed E-state index contributed by atoms with van der Waals surface area (Å²) in [4.78, 5) is 7.93. The first kappa shape index (κ1) is 14.8. The minimum atomic E-state index is 0.0862. The molecule has 0 saturated heterocycles. The zero-order valence-corrected chi connectivity index (χ0v) is 13.8. The van der Waals surface area contributed by atoms with E-state index in [9.17, 15) is 5.11 Å². The maximum Gasteiger partial charge on any atom is 0.186 e. The van der Waals surface area contributed by atoms with E-state index in [2.05, 4.69) is 17.9 Å². The van der Waals surface area contributed by atoms with Crippen molar-refractivity contribution in [3.63, 3.8) is 0 Å². The van der Waals surface area contributed by atoms with E-state index in [4.69, 9.17) is 16.6 Å². The molecule has 1 aromatic heterocycles. The molecule has 1 aliphatic rings. The lowest BCUT2D eigenvalue weighted by Crippen LogP contribution is -2.21. The molecule has 1 aliphatic carbocycles. The summed E-state index contributed by atoms with van der Waals surface area (Å²) in [6.07, 6.45) is 2.40. The monoisotopic (exact) mass is 322 g/mol. The van der Waals surface area contributed by atoms with E-state index in [1.807, 2.05) is 25.2 Å². The number of thiazole rings is 1. The molecule has 1 aromatic carbocycles. The van der Waals surface area contributed by atoms with Gasteiger partial charge in [0.2, 0.25) is 0 Å². The van der Waals surface area contributed by atoms with E-state index in [-0.39, 0.29) is 12.6 Å². The highest BCUT2D eigenvalue weighted by atomic mass is 35.5. The summed E-state index contributed by atoms with van der Waals surface area (Å²) in [5.41, 5.74) is 2.27. The second-order valence-electron chi connectivity index (χ2n) is 5.58. The van der Waals surface area contributed by atoms with Crippen LogP contribution < -0.4 is 4.90 Å². The third-order valence-corrected chi connectivity index (χ3v) is 5.42. The van der Waals surface area contributed by atoms with E-state index in [1.54, 1.807) is 11.3 Å². The molecule has 1 saturated carbocycles. The Labute approximate surface area is 134 Å². The SMILES string of the molecule is CC(c1cccc(Cl)c1)N(C)c1nc(C2CC2)c(CO)s1. The van der Waals surface area contributed by atoms with Gasteiger partial charge < -0.3 is 10.0 Å². The average molecular weight is 323 g/mol. The second-order valence-corrected chi connectivity index (χ2v) is 7.08. The van der Waals surface area contributed by atoms with Crippen molar-refractivity contribution in [2.24, 2.45) is 0 Å². The summed E-state index contributed by atoms with van der Waals surface area (Å²) in [6, 6.07) is 8.11. The van der Waals surface area contributed by atoms with E-state index in [1.165, 1.54) is 18.4 Å². The van der Waals surface area contributed by atoms with Gasteiger partial charge in [-0.1, -0.05) is 35.1 Å². The molecule has 2 aromatic rings. The fraction of sp³-hybridized carbons (Fsp3) is 0.438. The predicted octanol–water partition coefficient (Wildman–Crippen LogP) is 4.36. The first-order chi connectivity index (χ1) is 10.1. The highest BCUT2D eigenvalue weighted by molar-refractivity contribution is 7.15. The number of aromatic nitrogens is 1. The number of hydrogen-bond acceptors (Lipinski definition) is 4. The molecule has 0 bridgehead atoms. The Morgan fingerprint density at radius 2 is 2.24 bits per heavy atom. The van der Waals surface area contributed by atoms with Crippen LogP contribution in [0.1, 0.15) is 47.9 Å². The smallest absolute Gasteiger partial charge is 0.186 e. The molecule has 0 radical (unpaired) electrons. The van der Waals surface area contributed by atoms with E-state index in [0.717, 1.165) is 20.7 Å². The Bertz CT molecular complexity index is 639. The van der Waals surface area contributed by atoms with Crippen LogP contribution in [0.5, 0.6) is 0 Å². The number of aliphatic hydroxyl groups excluding tert-OH is 1. The molecule has 3 nitrogen and oxygen atoms in total. The lowest BCUT2D eigenvalue weighted by molar-refractivity contribution is 0.284. The zero-order valence-electron chi connectivity index (χ0n) is 12.2. The average Bonchev–Trinajstić information content (AvgIpc) is 3.24. The van der Waals surface area contributed by atoms with Crippen molar-refractivity contribution < 1.29 is 5.11 Å². The van der Waals surface area contributed by atoms with Crippen LogP contribution >= 0.6 is 22.9 Å². The molecular formula is C16H19ClN2OS. The van der Waals surface area contributed by atoms with Crippen molar-refractivity contribution in [2.75, 3.05) is 11.9 Å². The van der Waals surface area contributed by atoms with Crippen molar-refractivity contribution >= 4 is 28.1 Å². The third kappa shape index (κ3) is 3.07. The van der Waals surface area contributed by atoms with E-state index in [0.29, 0.717) is 5.92 Å². The van der Waals surface area contributed by atoms with Gasteiger partial charge in [-0.25, -0.2) is 4.98 Å². The van der Waals surface area contributed by atoms with Gasteiger partial charge in [0.1, 0.15) is 0 Å². The molecule has 3 rings (SSSR count). The van der Waals surface area contributed by atoms with Crippen molar-refractivity contribution in [3.8, 4) is 0 Å². The van der Waals surface area contributed by atoms with Gasteiger partial charge in [-0.15, -0.1) is 0 Å². The molecule has 1 atom stereocenters. The summed E-state index contributed by atoms with van der Waals surface area (Å²) in [6.45, 7) is 2.23. The standard InChI is InChI=1S/C16H19ClN2OS/c1-10(12-4-3-5-13(17)8-12)19(2)16-18-15(11-6-7-11)14(9-20)21-16/h3-5,8,10-11,20H,6-7,9H2,1-2H3. The number of halogens is 1. The third-order valence-electron chi connectivity index (χ3n) is 4.04. The van der Waals surface area contributed by atoms with Gasteiger partial charge in [0.05, 0.1) is 23.2 Å². The normalized spacial score (nSPS) is 16.0. The molecule has 1 heterocycles. The summed E-state index contributed by atoms with van der Waals surface area (Å²) >= 11 is 7.67. The van der Waals surface area contributed by atoms with Crippen LogP contribution in [0.25, 0.3) is 0 Å². The number of nitrogens with zero attached hydrogens (tertiary/aromatic N) is 2. The molecule has 21 heavy (non-hydrogen) atoms. The van der Waals surface area contributed by atoms with Gasteiger partial charge >= 0.3 is 0 Å². The summed E-state index contributed by atoms with van der Waals surface area (Å²) in [7, 11) is 2.04. The molecule has 1 N–H and O–H groups in total. The van der Waals surface area contributed by atoms with Crippen LogP contribution in [-0.2, 0) is 6.61 Å². The number of aliphatic hydroxyl groups is 1. The number of rotatable bonds is 5. The topological polar surface area (TPSA) is 36.4 Å². The summed E-state index contributed by atoms with van der Waals surface area (Å²) in [5.74, 6) is 0.562. The highest BCUT2D eigenvalue weighted by Gasteiger charge is 2.30. The summed E-state index contributed by atoms with van der Waals surface area (Å²) < 4.78 is 0. The van der Waals surface area contributed by atoms with Gasteiger partial charge in [-0.2, -0.15) is 0 Å². The Balaban J connectivity index is 1.85. The van der Waals surface area contributed by atoms with Crippen LogP contribution in [0, 0.1) is 0 Å². The Morgan fingerprint density at radius 1 is 1.48 bits per heavy atom. The Kier molecular flexibility index (Phi) is 4.20. The van der Waals surface area contributed by atoms with Crippen molar-refractivity contribution in [3.05, 3.63) is 45.4 Å². The van der Waals surface area contributed by atoms with E-state index < -0.39 is 0 Å². The van der Waals surface area contributed by atoms with Crippen molar-refractivity contribution in [1.29, 1.82) is 0 Å². The summed E-state index contributed by atoms with van der Waals surface area (Å²) in [5, 5.41) is 11.2. The number of benzene rings is 1. The minimum Gasteiger partial charge on any atom is -0.391 e. The van der Waals surface area contributed by atoms with Crippen molar-refractivity contribution in [2.45, 2.75) is 38.3 Å². The molecule has 0 spiro atoms. The van der Waals surface area contributed by atoms with Gasteiger partial charge in [0.25, 0.3) is 0 Å². The van der Waals surface area contributed by atoms with E-state index >= 15 is 0 Å². The maximum atomic E-state index is 9.52. The highest BCUT2D eigenvalue weighted by Crippen LogP contribution is 2.44. The van der Waals surface area contributed by atoms with Gasteiger partial charge in [-0.3, -0.25) is 0 Å². The number of hydrogen-bond donors (Lipinski definition) is 1. The number of anilines is 1. The van der Waals surface area contributed by atoms with Crippen LogP contribution in [0.15, 0.2) is 24.3 Å². The Morgan fingerprint density at radius 3 is 2.86 bits per heavy atom. The van der Waals surface area contributed by atoms with Crippen LogP contribution in [-0.4, -0.2) is 17.1 Å². The van der Waals surface area contributed by atoms with Crippen LogP contribution in [0.3, 0.4) is 0 Å². The first-order valence-corrected chi connectivity index (χ1v) is 8.38. The lowest BCUT2D eigenvalue weighted by atomic mass is 10.1. The maximum absolute atomic E-state index is 9.52. The quantitative estimate of drug-likeness (QED) is 0.888. The molecule has 112 valence electrons. The first-order valence-electron chi connectivity index (χ1n) is 7.19. The molecule has 5 heteroatoms. The van der Waals surface area contributed by atoms with Crippen LogP contribution in [0.4, 0.5) is 5.13 Å². The molecule has 0 aliphatic heterocycles.